The number of aromatic nitrogens is 1. The van der Waals surface area contributed by atoms with Crippen LogP contribution in [0.4, 0.5) is 5.82 Å². The molecule has 3 aliphatic heterocycles. The number of aliphatic hydroxyl groups is 1. The van der Waals surface area contributed by atoms with Crippen LogP contribution in [0.3, 0.4) is 0 Å². The third kappa shape index (κ3) is 1.61. The minimum Gasteiger partial charge on any atom is -0.387 e. The molecule has 20 heavy (non-hydrogen) atoms. The molecule has 4 heteroatoms. The van der Waals surface area contributed by atoms with Crippen LogP contribution in [0.1, 0.15) is 36.0 Å². The second kappa shape index (κ2) is 4.50. The Morgan fingerprint density at radius 2 is 2.20 bits per heavy atom. The van der Waals surface area contributed by atoms with E-state index in [0.29, 0.717) is 12.5 Å². The molecular formula is C16H21N3O. The van der Waals surface area contributed by atoms with Crippen molar-refractivity contribution in [2.45, 2.75) is 24.9 Å². The number of aliphatic hydroxyl groups excluding tert-OH is 1. The Kier molecular flexibility index (Phi) is 2.75. The molecule has 2 bridgehead atoms. The third-order valence-corrected chi connectivity index (χ3v) is 4.86. The molecule has 5 rings (SSSR count). The summed E-state index contributed by atoms with van der Waals surface area (Å²) in [4.78, 5) is 6.06. The number of fused-ring (bicyclic) bond motifs is 3. The van der Waals surface area contributed by atoms with Gasteiger partial charge in [-0.2, -0.15) is 0 Å². The molecule has 3 N–H and O–H groups in total. The lowest BCUT2D eigenvalue weighted by Gasteiger charge is -2.40. The first kappa shape index (κ1) is 12.2. The SMILES string of the molecule is CNCC(O)c1cccc2c3c([nH]c12)N1CCC3CC1. The van der Waals surface area contributed by atoms with Crippen LogP contribution >= 0.6 is 0 Å². The zero-order chi connectivity index (χ0) is 13.7. The van der Waals surface area contributed by atoms with Gasteiger partial charge in [-0.3, -0.25) is 0 Å². The normalized spacial score (nSPS) is 19.6. The fourth-order valence-corrected chi connectivity index (χ4v) is 3.88. The molecule has 0 amide bonds. The van der Waals surface area contributed by atoms with Gasteiger partial charge in [-0.1, -0.05) is 18.2 Å². The maximum Gasteiger partial charge on any atom is 0.110 e. The molecule has 106 valence electrons. The van der Waals surface area contributed by atoms with Gasteiger partial charge < -0.3 is 20.3 Å². The second-order valence-corrected chi connectivity index (χ2v) is 5.99. The quantitative estimate of drug-likeness (QED) is 0.801. The smallest absolute Gasteiger partial charge is 0.110 e. The van der Waals surface area contributed by atoms with Crippen molar-refractivity contribution in [1.29, 1.82) is 0 Å². The Morgan fingerprint density at radius 1 is 1.40 bits per heavy atom. The highest BCUT2D eigenvalue weighted by Crippen LogP contribution is 2.46. The fourth-order valence-electron chi connectivity index (χ4n) is 3.88. The number of para-hydroxylation sites is 1. The summed E-state index contributed by atoms with van der Waals surface area (Å²) in [6, 6.07) is 6.30. The molecule has 3 aliphatic rings. The van der Waals surface area contributed by atoms with E-state index in [2.05, 4.69) is 27.3 Å². The summed E-state index contributed by atoms with van der Waals surface area (Å²) in [6.45, 7) is 2.91. The lowest BCUT2D eigenvalue weighted by Crippen LogP contribution is -2.38. The second-order valence-electron chi connectivity index (χ2n) is 5.99. The first-order valence-corrected chi connectivity index (χ1v) is 7.51. The molecule has 0 radical (unpaired) electrons. The van der Waals surface area contributed by atoms with E-state index in [1.165, 1.54) is 42.7 Å². The number of anilines is 1. The first-order chi connectivity index (χ1) is 9.79. The highest BCUT2D eigenvalue weighted by Gasteiger charge is 2.34. The summed E-state index contributed by atoms with van der Waals surface area (Å²) in [7, 11) is 1.87. The van der Waals surface area contributed by atoms with E-state index in [9.17, 15) is 5.11 Å². The van der Waals surface area contributed by atoms with Gasteiger partial charge in [0.15, 0.2) is 0 Å². The van der Waals surface area contributed by atoms with E-state index in [0.717, 1.165) is 11.1 Å². The molecule has 1 aromatic heterocycles. The summed E-state index contributed by atoms with van der Waals surface area (Å²) < 4.78 is 0. The summed E-state index contributed by atoms with van der Waals surface area (Å²) >= 11 is 0. The number of likely N-dealkylation sites (N-methyl/N-ethyl adjacent to an activating group) is 1. The van der Waals surface area contributed by atoms with Crippen molar-refractivity contribution in [3.8, 4) is 0 Å². The van der Waals surface area contributed by atoms with Crippen LogP contribution < -0.4 is 10.2 Å². The predicted octanol–water partition coefficient (Wildman–Crippen LogP) is 2.12. The Morgan fingerprint density at radius 3 is 2.95 bits per heavy atom. The van der Waals surface area contributed by atoms with E-state index < -0.39 is 6.10 Å². The zero-order valence-electron chi connectivity index (χ0n) is 11.8. The van der Waals surface area contributed by atoms with Gasteiger partial charge in [-0.05, 0) is 25.8 Å². The summed E-state index contributed by atoms with van der Waals surface area (Å²) in [5.41, 5.74) is 3.61. The Bertz CT molecular complexity index is 640. The minimum atomic E-state index is -0.462. The average Bonchev–Trinajstić information content (AvgIpc) is 2.90. The summed E-state index contributed by atoms with van der Waals surface area (Å²) in [5.74, 6) is 1.99. The van der Waals surface area contributed by atoms with Crippen LogP contribution in [-0.2, 0) is 0 Å². The lowest BCUT2D eigenvalue weighted by atomic mass is 9.84. The van der Waals surface area contributed by atoms with Gasteiger partial charge in [0.2, 0.25) is 0 Å². The minimum absolute atomic E-state index is 0.462. The molecule has 2 aromatic rings. The van der Waals surface area contributed by atoms with Crippen LogP contribution in [0, 0.1) is 0 Å². The Labute approximate surface area is 118 Å². The number of nitrogens with zero attached hydrogens (tertiary/aromatic N) is 1. The first-order valence-electron chi connectivity index (χ1n) is 7.51. The van der Waals surface area contributed by atoms with Gasteiger partial charge >= 0.3 is 0 Å². The standard InChI is InChI=1S/C16H21N3O/c1-17-9-13(20)11-3-2-4-12-14-10-5-7-19(8-6-10)16(14)18-15(11)12/h2-4,10,13,17-18,20H,5-9H2,1H3. The predicted molar refractivity (Wildman–Crippen MR) is 81.4 cm³/mol. The highest BCUT2D eigenvalue weighted by atomic mass is 16.3. The van der Waals surface area contributed by atoms with E-state index in [4.69, 9.17) is 0 Å². The van der Waals surface area contributed by atoms with Crippen LogP contribution in [0.2, 0.25) is 0 Å². The Hall–Kier alpha value is -1.52. The molecule has 0 saturated carbocycles. The number of rotatable bonds is 3. The van der Waals surface area contributed by atoms with E-state index in [1.807, 2.05) is 13.1 Å². The van der Waals surface area contributed by atoms with Crippen molar-refractivity contribution in [2.24, 2.45) is 0 Å². The lowest BCUT2D eigenvalue weighted by molar-refractivity contribution is 0.179. The average molecular weight is 271 g/mol. The Balaban J connectivity index is 1.91. The van der Waals surface area contributed by atoms with E-state index in [1.54, 1.807) is 0 Å². The van der Waals surface area contributed by atoms with Crippen LogP contribution in [0.5, 0.6) is 0 Å². The number of nitrogens with one attached hydrogen (secondary N) is 2. The van der Waals surface area contributed by atoms with Crippen LogP contribution in [-0.4, -0.2) is 36.8 Å². The fraction of sp³-hybridized carbons (Fsp3) is 0.500. The van der Waals surface area contributed by atoms with Crippen molar-refractivity contribution in [1.82, 2.24) is 10.3 Å². The van der Waals surface area contributed by atoms with Crippen molar-refractivity contribution < 1.29 is 5.11 Å². The van der Waals surface area contributed by atoms with Gasteiger partial charge in [0.05, 0.1) is 11.6 Å². The van der Waals surface area contributed by atoms with Crippen molar-refractivity contribution in [2.75, 3.05) is 31.6 Å². The third-order valence-electron chi connectivity index (χ3n) is 4.86. The van der Waals surface area contributed by atoms with Crippen LogP contribution in [0.25, 0.3) is 10.9 Å². The number of H-pyrrole nitrogens is 1. The van der Waals surface area contributed by atoms with Crippen molar-refractivity contribution >= 4 is 16.7 Å². The number of hydrogen-bond donors (Lipinski definition) is 3. The van der Waals surface area contributed by atoms with E-state index >= 15 is 0 Å². The van der Waals surface area contributed by atoms with Crippen molar-refractivity contribution in [3.63, 3.8) is 0 Å². The van der Waals surface area contributed by atoms with Gasteiger partial charge in [-0.25, -0.2) is 0 Å². The maximum atomic E-state index is 10.3. The summed E-state index contributed by atoms with van der Waals surface area (Å²) in [6.07, 6.45) is 2.07. The molecule has 1 unspecified atom stereocenters. The molecule has 1 aromatic carbocycles. The number of benzene rings is 1. The molecule has 4 nitrogen and oxygen atoms in total. The molecular weight excluding hydrogens is 250 g/mol. The van der Waals surface area contributed by atoms with Gasteiger partial charge in [0, 0.05) is 36.1 Å². The molecule has 1 atom stereocenters. The van der Waals surface area contributed by atoms with Gasteiger partial charge in [-0.15, -0.1) is 0 Å². The largest absolute Gasteiger partial charge is 0.387 e. The number of hydrogen-bond acceptors (Lipinski definition) is 3. The van der Waals surface area contributed by atoms with Crippen molar-refractivity contribution in [3.05, 3.63) is 29.3 Å². The number of piperidine rings is 1. The molecule has 0 aliphatic carbocycles. The zero-order valence-corrected chi connectivity index (χ0v) is 11.8. The topological polar surface area (TPSA) is 51.3 Å². The van der Waals surface area contributed by atoms with Gasteiger partial charge in [0.1, 0.15) is 5.82 Å². The van der Waals surface area contributed by atoms with E-state index in [-0.39, 0.29) is 0 Å². The molecule has 0 spiro atoms. The maximum absolute atomic E-state index is 10.3. The summed E-state index contributed by atoms with van der Waals surface area (Å²) in [5, 5.41) is 14.7. The molecule has 4 heterocycles. The monoisotopic (exact) mass is 271 g/mol. The molecule has 1 saturated heterocycles. The number of aromatic amines is 1. The van der Waals surface area contributed by atoms with Crippen LogP contribution in [0.15, 0.2) is 18.2 Å². The van der Waals surface area contributed by atoms with Gasteiger partial charge in [0.25, 0.3) is 0 Å². The highest BCUT2D eigenvalue weighted by molar-refractivity contribution is 5.93. The molecule has 1 fully saturated rings.